The first kappa shape index (κ1) is 19.6. The molecule has 0 spiro atoms. The van der Waals surface area contributed by atoms with Crippen LogP contribution in [0.2, 0.25) is 0 Å². The Hall–Kier alpha value is -3.15. The van der Waals surface area contributed by atoms with Crippen molar-refractivity contribution in [1.29, 1.82) is 0 Å². The molecule has 1 heterocycles. The Balaban J connectivity index is 2.05. The molecule has 0 aliphatic rings. The van der Waals surface area contributed by atoms with Gasteiger partial charge in [-0.25, -0.2) is 4.39 Å². The number of carbonyl (C=O) groups is 2. The first-order chi connectivity index (χ1) is 13.4. The van der Waals surface area contributed by atoms with Gasteiger partial charge in [-0.2, -0.15) is 0 Å². The van der Waals surface area contributed by atoms with Gasteiger partial charge < -0.3 is 9.84 Å². The highest BCUT2D eigenvalue weighted by Crippen LogP contribution is 2.30. The summed E-state index contributed by atoms with van der Waals surface area (Å²) in [5.74, 6) is -1.27. The minimum atomic E-state index is -0.502. The van der Waals surface area contributed by atoms with Crippen molar-refractivity contribution >= 4 is 22.8 Å². The zero-order valence-electron chi connectivity index (χ0n) is 15.9. The lowest BCUT2D eigenvalue weighted by atomic mass is 10.1. The Kier molecular flexibility index (Phi) is 5.78. The van der Waals surface area contributed by atoms with Crippen molar-refractivity contribution in [2.75, 3.05) is 6.61 Å². The summed E-state index contributed by atoms with van der Waals surface area (Å²) in [5.41, 5.74) is 1.91. The number of hydrogen-bond acceptors (Lipinski definition) is 4. The number of esters is 1. The number of phenolic OH excluding ortho intramolecular Hbond substituents is 1. The van der Waals surface area contributed by atoms with Crippen molar-refractivity contribution in [2.45, 2.75) is 33.1 Å². The Labute approximate surface area is 162 Å². The molecule has 2 aromatic carbocycles. The number of hydrogen-bond donors (Lipinski definition) is 1. The first-order valence-corrected chi connectivity index (χ1v) is 9.21. The number of rotatable bonds is 6. The molecule has 28 heavy (non-hydrogen) atoms. The maximum Gasteiger partial charge on any atom is 0.310 e. The van der Waals surface area contributed by atoms with Gasteiger partial charge in [0.05, 0.1) is 18.5 Å². The van der Waals surface area contributed by atoms with Gasteiger partial charge in [0.25, 0.3) is 5.91 Å². The van der Waals surface area contributed by atoms with Crippen LogP contribution in [-0.2, 0) is 16.0 Å². The summed E-state index contributed by atoms with van der Waals surface area (Å²) in [6, 6.07) is 10.1. The lowest BCUT2D eigenvalue weighted by Crippen LogP contribution is -2.15. The van der Waals surface area contributed by atoms with Gasteiger partial charge in [-0.1, -0.05) is 19.4 Å². The Morgan fingerprint density at radius 1 is 1.18 bits per heavy atom. The zero-order chi connectivity index (χ0) is 20.3. The molecule has 0 bridgehead atoms. The molecule has 1 N–H and O–H groups in total. The number of benzene rings is 2. The average molecular weight is 383 g/mol. The molecule has 0 atom stereocenters. The minimum absolute atomic E-state index is 0.0149. The quantitative estimate of drug-likeness (QED) is 0.507. The molecule has 0 saturated heterocycles. The van der Waals surface area contributed by atoms with Gasteiger partial charge in [0.15, 0.2) is 0 Å². The monoisotopic (exact) mass is 383 g/mol. The second-order valence-corrected chi connectivity index (χ2v) is 6.67. The largest absolute Gasteiger partial charge is 0.508 e. The fraction of sp³-hybridized carbons (Fsp3) is 0.273. The number of nitrogens with zero attached hydrogens (tertiary/aromatic N) is 1. The molecule has 3 aromatic rings. The van der Waals surface area contributed by atoms with Crippen LogP contribution in [0.4, 0.5) is 4.39 Å². The predicted molar refractivity (Wildman–Crippen MR) is 104 cm³/mol. The third kappa shape index (κ3) is 3.91. The third-order valence-electron chi connectivity index (χ3n) is 4.68. The minimum Gasteiger partial charge on any atom is -0.508 e. The van der Waals surface area contributed by atoms with Gasteiger partial charge in [-0.05, 0) is 55.3 Å². The summed E-state index contributed by atoms with van der Waals surface area (Å²) < 4.78 is 20.3. The highest BCUT2D eigenvalue weighted by Gasteiger charge is 2.22. The lowest BCUT2D eigenvalue weighted by Gasteiger charge is -2.08. The van der Waals surface area contributed by atoms with Crippen molar-refractivity contribution in [3.63, 3.8) is 0 Å². The van der Waals surface area contributed by atoms with Crippen LogP contribution >= 0.6 is 0 Å². The van der Waals surface area contributed by atoms with E-state index in [2.05, 4.69) is 0 Å². The molecule has 0 fully saturated rings. The summed E-state index contributed by atoms with van der Waals surface area (Å²) in [4.78, 5) is 25.3. The molecule has 0 amide bonds. The van der Waals surface area contributed by atoms with Crippen LogP contribution in [0.25, 0.3) is 10.9 Å². The van der Waals surface area contributed by atoms with E-state index in [0.717, 1.165) is 12.8 Å². The lowest BCUT2D eigenvalue weighted by molar-refractivity contribution is -0.142. The molecular formula is C22H22FNO4. The molecule has 0 radical (unpaired) electrons. The zero-order valence-corrected chi connectivity index (χ0v) is 15.9. The van der Waals surface area contributed by atoms with Crippen LogP contribution in [-0.4, -0.2) is 28.2 Å². The maximum absolute atomic E-state index is 13.6. The second-order valence-electron chi connectivity index (χ2n) is 6.67. The van der Waals surface area contributed by atoms with Gasteiger partial charge >= 0.3 is 5.97 Å². The molecule has 3 rings (SSSR count). The fourth-order valence-electron chi connectivity index (χ4n) is 3.23. The van der Waals surface area contributed by atoms with Gasteiger partial charge in [0, 0.05) is 16.6 Å². The fourth-order valence-corrected chi connectivity index (χ4v) is 3.23. The summed E-state index contributed by atoms with van der Waals surface area (Å²) in [5, 5.41) is 10.5. The highest BCUT2D eigenvalue weighted by molar-refractivity contribution is 6.04. The van der Waals surface area contributed by atoms with E-state index in [9.17, 15) is 19.1 Å². The van der Waals surface area contributed by atoms with Crippen LogP contribution < -0.4 is 0 Å². The van der Waals surface area contributed by atoms with Crippen LogP contribution in [0.5, 0.6) is 5.75 Å². The molecule has 146 valence electrons. The number of aromatic nitrogens is 1. The van der Waals surface area contributed by atoms with E-state index in [1.54, 1.807) is 13.0 Å². The number of halogens is 1. The average Bonchev–Trinajstić information content (AvgIpc) is 2.92. The van der Waals surface area contributed by atoms with E-state index in [1.165, 1.54) is 41.0 Å². The van der Waals surface area contributed by atoms with E-state index in [-0.39, 0.29) is 17.7 Å². The SMILES string of the molecule is CCCCOC(=O)Cc1c(C)n(C(=O)c2cccc(F)c2)c2ccc(O)cc12. The molecular weight excluding hydrogens is 361 g/mol. The van der Waals surface area contributed by atoms with Crippen molar-refractivity contribution in [3.05, 3.63) is 65.1 Å². The summed E-state index contributed by atoms with van der Waals surface area (Å²) >= 11 is 0. The standard InChI is InChI=1S/C22H22FNO4/c1-3-4-10-28-21(26)13-18-14(2)24(20-9-8-17(25)12-19(18)20)22(27)15-6-5-7-16(23)11-15/h5-9,11-12,25H,3-4,10,13H2,1-2H3. The van der Waals surface area contributed by atoms with Crippen molar-refractivity contribution in [1.82, 2.24) is 4.57 Å². The van der Waals surface area contributed by atoms with Crippen LogP contribution in [0.1, 0.15) is 41.4 Å². The van der Waals surface area contributed by atoms with Crippen LogP contribution in [0.15, 0.2) is 42.5 Å². The number of carbonyl (C=O) groups excluding carboxylic acids is 2. The van der Waals surface area contributed by atoms with E-state index in [1.807, 2.05) is 6.92 Å². The van der Waals surface area contributed by atoms with Gasteiger partial charge in [0.2, 0.25) is 0 Å². The van der Waals surface area contributed by atoms with E-state index in [0.29, 0.717) is 28.8 Å². The number of fused-ring (bicyclic) bond motifs is 1. The van der Waals surface area contributed by atoms with E-state index < -0.39 is 17.7 Å². The Morgan fingerprint density at radius 2 is 1.96 bits per heavy atom. The smallest absolute Gasteiger partial charge is 0.310 e. The van der Waals surface area contributed by atoms with Gasteiger partial charge in [-0.3, -0.25) is 14.2 Å². The molecule has 6 heteroatoms. The molecule has 0 unspecified atom stereocenters. The van der Waals surface area contributed by atoms with Crippen molar-refractivity contribution in [2.24, 2.45) is 0 Å². The number of ether oxygens (including phenoxy) is 1. The molecule has 0 aliphatic carbocycles. The molecule has 0 saturated carbocycles. The summed E-state index contributed by atoms with van der Waals surface area (Å²) in [6.07, 6.45) is 1.69. The van der Waals surface area contributed by atoms with E-state index in [4.69, 9.17) is 4.74 Å². The highest BCUT2D eigenvalue weighted by atomic mass is 19.1. The number of phenols is 1. The summed E-state index contributed by atoms with van der Waals surface area (Å²) in [7, 11) is 0. The van der Waals surface area contributed by atoms with Crippen LogP contribution in [0, 0.1) is 12.7 Å². The second kappa shape index (κ2) is 8.25. The van der Waals surface area contributed by atoms with Crippen LogP contribution in [0.3, 0.4) is 0 Å². The Morgan fingerprint density at radius 3 is 2.68 bits per heavy atom. The van der Waals surface area contributed by atoms with Crippen molar-refractivity contribution in [3.8, 4) is 5.75 Å². The normalized spacial score (nSPS) is 11.0. The number of unbranched alkanes of at least 4 members (excludes halogenated alkanes) is 1. The molecule has 1 aromatic heterocycles. The first-order valence-electron chi connectivity index (χ1n) is 9.21. The number of aromatic hydroxyl groups is 1. The van der Waals surface area contributed by atoms with E-state index >= 15 is 0 Å². The maximum atomic E-state index is 13.6. The van der Waals surface area contributed by atoms with Crippen molar-refractivity contribution < 1.29 is 23.8 Å². The molecule has 0 aliphatic heterocycles. The van der Waals surface area contributed by atoms with Gasteiger partial charge in [0.1, 0.15) is 11.6 Å². The Bertz CT molecular complexity index is 1040. The topological polar surface area (TPSA) is 68.5 Å². The summed E-state index contributed by atoms with van der Waals surface area (Å²) in [6.45, 7) is 4.08. The predicted octanol–water partition coefficient (Wildman–Crippen LogP) is 4.37. The third-order valence-corrected chi connectivity index (χ3v) is 4.68. The van der Waals surface area contributed by atoms with Gasteiger partial charge in [-0.15, -0.1) is 0 Å². The molecule has 5 nitrogen and oxygen atoms in total.